The van der Waals surface area contributed by atoms with Crippen molar-refractivity contribution in [1.29, 1.82) is 0 Å². The van der Waals surface area contributed by atoms with E-state index in [0.29, 0.717) is 11.6 Å². The summed E-state index contributed by atoms with van der Waals surface area (Å²) < 4.78 is 1.39. The highest BCUT2D eigenvalue weighted by atomic mass is 35.5. The lowest BCUT2D eigenvalue weighted by Crippen LogP contribution is -2.33. The number of anilines is 1. The number of aromatic nitrogens is 2. The quantitative estimate of drug-likeness (QED) is 0.671. The number of hydrogen-bond donors (Lipinski definition) is 1. The smallest absolute Gasteiger partial charge is 0.306 e. The molecule has 1 aromatic heterocycles. The van der Waals surface area contributed by atoms with Gasteiger partial charge < -0.3 is 10.0 Å². The molecule has 0 unspecified atom stereocenters. The third-order valence-corrected chi connectivity index (χ3v) is 3.93. The molecule has 22 heavy (non-hydrogen) atoms. The summed E-state index contributed by atoms with van der Waals surface area (Å²) in [4.78, 5) is 12.2. The number of benzene rings is 1. The second kappa shape index (κ2) is 5.94. The molecule has 0 bridgehead atoms. The minimum atomic E-state index is -0.676. The minimum Gasteiger partial charge on any atom is -0.389 e. The first-order valence-corrected chi connectivity index (χ1v) is 7.29. The Morgan fingerprint density at radius 3 is 3.00 bits per heavy atom. The molecular formula is C14H15ClN4O3. The second-order valence-corrected chi connectivity index (χ2v) is 5.74. The molecular weight excluding hydrogens is 308 g/mol. The number of fused-ring (bicyclic) bond motifs is 1. The van der Waals surface area contributed by atoms with Crippen molar-refractivity contribution in [3.8, 4) is 0 Å². The molecule has 1 aliphatic rings. The lowest BCUT2D eigenvalue weighted by Gasteiger charge is -2.23. The molecule has 7 nitrogen and oxygen atoms in total. The Kier molecular flexibility index (Phi) is 4.00. The average molecular weight is 323 g/mol. The first kappa shape index (κ1) is 14.8. The highest BCUT2D eigenvalue weighted by Gasteiger charge is 2.22. The van der Waals surface area contributed by atoms with Crippen LogP contribution in [0.15, 0.2) is 30.6 Å². The Labute approximate surface area is 131 Å². The van der Waals surface area contributed by atoms with Crippen molar-refractivity contribution in [1.82, 2.24) is 9.78 Å². The minimum absolute atomic E-state index is 0.0782. The van der Waals surface area contributed by atoms with Crippen LogP contribution >= 0.6 is 11.6 Å². The number of aliphatic hydroxyl groups is 1. The fourth-order valence-corrected chi connectivity index (χ4v) is 2.85. The van der Waals surface area contributed by atoms with Gasteiger partial charge in [0.15, 0.2) is 0 Å². The first-order chi connectivity index (χ1) is 10.5. The summed E-state index contributed by atoms with van der Waals surface area (Å²) in [5.74, 6) is 0. The molecule has 1 aromatic carbocycles. The lowest BCUT2D eigenvalue weighted by molar-refractivity contribution is -0.385. The molecule has 0 saturated carbocycles. The van der Waals surface area contributed by atoms with Crippen molar-refractivity contribution in [3.63, 3.8) is 0 Å². The number of aliphatic hydroxyl groups excluding tert-OH is 1. The van der Waals surface area contributed by atoms with Crippen LogP contribution in [0.5, 0.6) is 0 Å². The van der Waals surface area contributed by atoms with E-state index in [1.165, 1.54) is 22.6 Å². The van der Waals surface area contributed by atoms with Crippen LogP contribution in [0.3, 0.4) is 0 Å². The summed E-state index contributed by atoms with van der Waals surface area (Å²) in [5, 5.41) is 25.4. The zero-order valence-corrected chi connectivity index (χ0v) is 12.5. The summed E-state index contributed by atoms with van der Waals surface area (Å²) in [6, 6.07) is 5.76. The SMILES string of the molecule is O=[N+]([O-])c1cnn(C[C@@H](O)CN2CCc3ccc(Cl)cc32)c1. The molecule has 0 fully saturated rings. The average Bonchev–Trinajstić information content (AvgIpc) is 3.07. The summed E-state index contributed by atoms with van der Waals surface area (Å²) in [6.45, 7) is 1.47. The van der Waals surface area contributed by atoms with Gasteiger partial charge in [-0.15, -0.1) is 0 Å². The molecule has 0 aliphatic carbocycles. The predicted molar refractivity (Wildman–Crippen MR) is 82.3 cm³/mol. The third kappa shape index (κ3) is 3.05. The van der Waals surface area contributed by atoms with Gasteiger partial charge in [0.2, 0.25) is 0 Å². The lowest BCUT2D eigenvalue weighted by atomic mass is 10.2. The monoisotopic (exact) mass is 322 g/mol. The van der Waals surface area contributed by atoms with Crippen molar-refractivity contribution < 1.29 is 10.0 Å². The fourth-order valence-electron chi connectivity index (χ4n) is 2.68. The Morgan fingerprint density at radius 2 is 2.27 bits per heavy atom. The van der Waals surface area contributed by atoms with Gasteiger partial charge in [-0.3, -0.25) is 14.8 Å². The topological polar surface area (TPSA) is 84.4 Å². The highest BCUT2D eigenvalue weighted by Crippen LogP contribution is 2.30. The number of hydrogen-bond acceptors (Lipinski definition) is 5. The van der Waals surface area contributed by atoms with Crippen molar-refractivity contribution in [2.45, 2.75) is 19.1 Å². The van der Waals surface area contributed by atoms with Crippen LogP contribution in [-0.4, -0.2) is 39.0 Å². The van der Waals surface area contributed by atoms with E-state index >= 15 is 0 Å². The van der Waals surface area contributed by atoms with Gasteiger partial charge in [-0.2, -0.15) is 5.10 Å². The second-order valence-electron chi connectivity index (χ2n) is 5.30. The summed E-state index contributed by atoms with van der Waals surface area (Å²) in [6.07, 6.45) is 2.74. The van der Waals surface area contributed by atoms with Crippen molar-refractivity contribution in [2.75, 3.05) is 18.0 Å². The van der Waals surface area contributed by atoms with Crippen LogP contribution in [-0.2, 0) is 13.0 Å². The molecule has 1 N–H and O–H groups in total. The standard InChI is InChI=1S/C14H15ClN4O3/c15-11-2-1-10-3-4-17(14(10)5-11)8-13(20)9-18-7-12(6-16-18)19(21)22/h1-2,5-7,13,20H,3-4,8-9H2/t13-/m0/s1. The molecule has 3 rings (SSSR count). The molecule has 0 spiro atoms. The Hall–Kier alpha value is -2.12. The number of nitro groups is 1. The largest absolute Gasteiger partial charge is 0.389 e. The molecule has 1 atom stereocenters. The summed E-state index contributed by atoms with van der Waals surface area (Å²) in [5.41, 5.74) is 2.18. The number of rotatable bonds is 5. The maximum absolute atomic E-state index is 10.6. The van der Waals surface area contributed by atoms with E-state index in [9.17, 15) is 15.2 Å². The molecule has 2 aromatic rings. The summed E-state index contributed by atoms with van der Waals surface area (Å²) in [7, 11) is 0. The normalized spacial score (nSPS) is 14.9. The summed E-state index contributed by atoms with van der Waals surface area (Å²) >= 11 is 6.02. The van der Waals surface area contributed by atoms with Gasteiger partial charge in [-0.1, -0.05) is 17.7 Å². The van der Waals surface area contributed by atoms with Crippen LogP contribution in [0.2, 0.25) is 5.02 Å². The van der Waals surface area contributed by atoms with Crippen LogP contribution in [0.25, 0.3) is 0 Å². The number of β-amino-alcohol motifs (C(OH)–C–C–N with tert-alkyl or cyclic N) is 1. The van der Waals surface area contributed by atoms with Crippen LogP contribution in [0.4, 0.5) is 11.4 Å². The molecule has 8 heteroatoms. The maximum atomic E-state index is 10.6. The van der Waals surface area contributed by atoms with E-state index in [-0.39, 0.29) is 12.2 Å². The van der Waals surface area contributed by atoms with Crippen molar-refractivity contribution >= 4 is 23.0 Å². The van der Waals surface area contributed by atoms with Crippen molar-refractivity contribution in [2.24, 2.45) is 0 Å². The molecule has 1 aliphatic heterocycles. The Bertz CT molecular complexity index is 703. The third-order valence-electron chi connectivity index (χ3n) is 3.70. The van der Waals surface area contributed by atoms with Crippen molar-refractivity contribution in [3.05, 3.63) is 51.3 Å². The Balaban J connectivity index is 1.64. The van der Waals surface area contributed by atoms with E-state index < -0.39 is 11.0 Å². The van der Waals surface area contributed by atoms with Crippen LogP contribution < -0.4 is 4.90 Å². The fraction of sp³-hybridized carbons (Fsp3) is 0.357. The van der Waals surface area contributed by atoms with Gasteiger partial charge in [0.05, 0.1) is 17.6 Å². The number of nitrogens with zero attached hydrogens (tertiary/aromatic N) is 4. The number of halogens is 1. The van der Waals surface area contributed by atoms with Gasteiger partial charge in [-0.25, -0.2) is 0 Å². The van der Waals surface area contributed by atoms with Gasteiger partial charge in [0, 0.05) is 23.8 Å². The van der Waals surface area contributed by atoms with Gasteiger partial charge in [-0.05, 0) is 24.1 Å². The van der Waals surface area contributed by atoms with E-state index in [0.717, 1.165) is 18.7 Å². The molecule has 0 amide bonds. The Morgan fingerprint density at radius 1 is 1.45 bits per heavy atom. The van der Waals surface area contributed by atoms with Crippen LogP contribution in [0, 0.1) is 10.1 Å². The molecule has 0 saturated heterocycles. The van der Waals surface area contributed by atoms with Gasteiger partial charge in [0.25, 0.3) is 0 Å². The molecule has 116 valence electrons. The molecule has 2 heterocycles. The van der Waals surface area contributed by atoms with Gasteiger partial charge in [0.1, 0.15) is 12.4 Å². The van der Waals surface area contributed by atoms with E-state index in [2.05, 4.69) is 10.00 Å². The van der Waals surface area contributed by atoms with Gasteiger partial charge >= 0.3 is 5.69 Å². The molecule has 0 radical (unpaired) electrons. The van der Waals surface area contributed by atoms with E-state index in [4.69, 9.17) is 11.6 Å². The predicted octanol–water partition coefficient (Wildman–Crippen LogP) is 1.87. The first-order valence-electron chi connectivity index (χ1n) is 6.91. The van der Waals surface area contributed by atoms with E-state index in [1.807, 2.05) is 18.2 Å². The van der Waals surface area contributed by atoms with Crippen LogP contribution in [0.1, 0.15) is 5.56 Å². The maximum Gasteiger partial charge on any atom is 0.306 e. The highest BCUT2D eigenvalue weighted by molar-refractivity contribution is 6.30. The van der Waals surface area contributed by atoms with E-state index in [1.54, 1.807) is 0 Å². The zero-order valence-electron chi connectivity index (χ0n) is 11.7. The zero-order chi connectivity index (χ0) is 15.7.